The van der Waals surface area contributed by atoms with Gasteiger partial charge in [-0.15, -0.1) is 0 Å². The van der Waals surface area contributed by atoms with Crippen LogP contribution in [-0.2, 0) is 0 Å². The van der Waals surface area contributed by atoms with E-state index in [1.165, 1.54) is 4.90 Å². The highest BCUT2D eigenvalue weighted by atomic mass is 16.4. The van der Waals surface area contributed by atoms with Gasteiger partial charge in [0.05, 0.1) is 6.10 Å². The van der Waals surface area contributed by atoms with Gasteiger partial charge in [-0.2, -0.15) is 0 Å². The average molecular weight is 171 g/mol. The molecule has 0 saturated carbocycles. The number of amides is 1. The zero-order valence-electron chi connectivity index (χ0n) is 6.81. The van der Waals surface area contributed by atoms with Crippen LogP contribution in [0.2, 0.25) is 0 Å². The van der Waals surface area contributed by atoms with Gasteiger partial charge < -0.3 is 15.1 Å². The Kier molecular flexibility index (Phi) is 1.72. The molecule has 2 N–H and O–H groups in total. The van der Waals surface area contributed by atoms with Gasteiger partial charge in [0.1, 0.15) is 0 Å². The standard InChI is InChI=1S/C8H13NO3/c10-7-3-5-1-2-6(4-7)9(5)8(11)12/h5-7,10H,1-4H2,(H,11,12)/t5-,6?,7+/m0/s1. The summed E-state index contributed by atoms with van der Waals surface area (Å²) in [7, 11) is 0. The van der Waals surface area contributed by atoms with Crippen LogP contribution in [0.25, 0.3) is 0 Å². The maximum atomic E-state index is 10.8. The Bertz CT molecular complexity index is 192. The summed E-state index contributed by atoms with van der Waals surface area (Å²) in [4.78, 5) is 12.3. The summed E-state index contributed by atoms with van der Waals surface area (Å²) >= 11 is 0. The van der Waals surface area contributed by atoms with Gasteiger partial charge in [0.15, 0.2) is 0 Å². The number of fused-ring (bicyclic) bond motifs is 2. The largest absolute Gasteiger partial charge is 0.465 e. The summed E-state index contributed by atoms with van der Waals surface area (Å²) in [5, 5.41) is 18.2. The Morgan fingerprint density at radius 3 is 2.17 bits per heavy atom. The van der Waals surface area contributed by atoms with Gasteiger partial charge in [-0.05, 0) is 25.7 Å². The molecule has 0 aliphatic carbocycles. The first-order chi connectivity index (χ1) is 5.68. The van der Waals surface area contributed by atoms with Crippen LogP contribution in [0.3, 0.4) is 0 Å². The highest BCUT2D eigenvalue weighted by Crippen LogP contribution is 2.35. The summed E-state index contributed by atoms with van der Waals surface area (Å²) in [5.41, 5.74) is 0. The van der Waals surface area contributed by atoms with Gasteiger partial charge in [0.25, 0.3) is 0 Å². The van der Waals surface area contributed by atoms with Crippen molar-refractivity contribution in [2.75, 3.05) is 0 Å². The predicted octanol–water partition coefficient (Wildman–Crippen LogP) is 0.652. The van der Waals surface area contributed by atoms with Gasteiger partial charge >= 0.3 is 6.09 Å². The SMILES string of the molecule is O=C(O)N1C2CC[C@H]1C[C@@H](O)C2. The van der Waals surface area contributed by atoms with E-state index in [1.54, 1.807) is 0 Å². The molecule has 1 amide bonds. The van der Waals surface area contributed by atoms with E-state index in [2.05, 4.69) is 0 Å². The summed E-state index contributed by atoms with van der Waals surface area (Å²) in [6, 6.07) is 0.160. The lowest BCUT2D eigenvalue weighted by atomic mass is 10.0. The molecule has 2 aliphatic rings. The zero-order chi connectivity index (χ0) is 8.72. The quantitative estimate of drug-likeness (QED) is 0.562. The number of hydrogen-bond acceptors (Lipinski definition) is 2. The number of carboxylic acid groups (broad SMARTS) is 1. The minimum absolute atomic E-state index is 0.0799. The number of piperidine rings is 1. The fraction of sp³-hybridized carbons (Fsp3) is 0.875. The summed E-state index contributed by atoms with van der Waals surface area (Å²) < 4.78 is 0. The van der Waals surface area contributed by atoms with Crippen LogP contribution in [0.1, 0.15) is 25.7 Å². The molecule has 68 valence electrons. The van der Waals surface area contributed by atoms with Gasteiger partial charge in [-0.3, -0.25) is 0 Å². The number of rotatable bonds is 0. The Balaban J connectivity index is 2.14. The first-order valence-electron chi connectivity index (χ1n) is 4.38. The van der Waals surface area contributed by atoms with Crippen molar-refractivity contribution in [1.82, 2.24) is 4.90 Å². The van der Waals surface area contributed by atoms with Crippen molar-refractivity contribution in [3.63, 3.8) is 0 Å². The minimum Gasteiger partial charge on any atom is -0.465 e. The van der Waals surface area contributed by atoms with E-state index in [4.69, 9.17) is 5.11 Å². The van der Waals surface area contributed by atoms with Crippen molar-refractivity contribution >= 4 is 6.09 Å². The Labute approximate surface area is 70.8 Å². The van der Waals surface area contributed by atoms with Gasteiger partial charge in [0.2, 0.25) is 0 Å². The molecule has 2 aliphatic heterocycles. The highest BCUT2D eigenvalue weighted by Gasteiger charge is 2.42. The average Bonchev–Trinajstić information content (AvgIpc) is 2.24. The molecule has 2 bridgehead atoms. The molecule has 0 radical (unpaired) electrons. The molecule has 0 aromatic heterocycles. The summed E-state index contributed by atoms with van der Waals surface area (Å²) in [5.74, 6) is 0. The molecule has 2 rings (SSSR count). The number of nitrogens with zero attached hydrogens (tertiary/aromatic N) is 1. The lowest BCUT2D eigenvalue weighted by Crippen LogP contribution is -2.47. The number of hydrogen-bond donors (Lipinski definition) is 2. The zero-order valence-corrected chi connectivity index (χ0v) is 6.81. The Morgan fingerprint density at radius 1 is 1.25 bits per heavy atom. The maximum absolute atomic E-state index is 10.8. The van der Waals surface area contributed by atoms with Crippen LogP contribution >= 0.6 is 0 Å². The van der Waals surface area contributed by atoms with Crippen molar-refractivity contribution in [1.29, 1.82) is 0 Å². The summed E-state index contributed by atoms with van der Waals surface area (Å²) in [6.07, 6.45) is 2.00. The fourth-order valence-electron chi connectivity index (χ4n) is 2.46. The van der Waals surface area contributed by atoms with Crippen LogP contribution in [0.15, 0.2) is 0 Å². The fourth-order valence-corrected chi connectivity index (χ4v) is 2.46. The van der Waals surface area contributed by atoms with Crippen LogP contribution in [0.4, 0.5) is 4.79 Å². The predicted molar refractivity (Wildman–Crippen MR) is 41.9 cm³/mol. The monoisotopic (exact) mass is 171 g/mol. The van der Waals surface area contributed by atoms with Crippen LogP contribution in [-0.4, -0.2) is 39.4 Å². The van der Waals surface area contributed by atoms with E-state index in [0.717, 1.165) is 12.8 Å². The van der Waals surface area contributed by atoms with E-state index < -0.39 is 6.09 Å². The third-order valence-electron chi connectivity index (χ3n) is 2.93. The van der Waals surface area contributed by atoms with Crippen molar-refractivity contribution in [3.05, 3.63) is 0 Å². The molecule has 0 aromatic carbocycles. The Hall–Kier alpha value is -0.770. The van der Waals surface area contributed by atoms with E-state index >= 15 is 0 Å². The van der Waals surface area contributed by atoms with Gasteiger partial charge in [0, 0.05) is 12.1 Å². The maximum Gasteiger partial charge on any atom is 0.407 e. The van der Waals surface area contributed by atoms with E-state index in [-0.39, 0.29) is 18.2 Å². The second-order valence-corrected chi connectivity index (χ2v) is 3.70. The van der Waals surface area contributed by atoms with Crippen molar-refractivity contribution in [3.8, 4) is 0 Å². The topological polar surface area (TPSA) is 60.8 Å². The van der Waals surface area contributed by atoms with E-state index in [1.807, 2.05) is 0 Å². The first-order valence-corrected chi connectivity index (χ1v) is 4.38. The molecule has 1 unspecified atom stereocenters. The lowest BCUT2D eigenvalue weighted by molar-refractivity contribution is 0.0382. The Morgan fingerprint density at radius 2 is 1.75 bits per heavy atom. The second kappa shape index (κ2) is 2.62. The third-order valence-corrected chi connectivity index (χ3v) is 2.93. The smallest absolute Gasteiger partial charge is 0.407 e. The highest BCUT2D eigenvalue weighted by molar-refractivity contribution is 5.66. The number of aliphatic hydroxyl groups excluding tert-OH is 1. The van der Waals surface area contributed by atoms with Crippen LogP contribution in [0, 0.1) is 0 Å². The van der Waals surface area contributed by atoms with Crippen molar-refractivity contribution in [2.45, 2.75) is 43.9 Å². The molecule has 2 fully saturated rings. The van der Waals surface area contributed by atoms with Crippen LogP contribution < -0.4 is 0 Å². The summed E-state index contributed by atoms with van der Waals surface area (Å²) in [6.45, 7) is 0. The van der Waals surface area contributed by atoms with Gasteiger partial charge in [-0.25, -0.2) is 4.79 Å². The lowest BCUT2D eigenvalue weighted by Gasteiger charge is -2.34. The first kappa shape index (κ1) is 7.86. The molecule has 12 heavy (non-hydrogen) atoms. The van der Waals surface area contributed by atoms with Gasteiger partial charge in [-0.1, -0.05) is 0 Å². The molecule has 4 nitrogen and oxygen atoms in total. The number of aliphatic hydroxyl groups is 1. The molecular weight excluding hydrogens is 158 g/mol. The third kappa shape index (κ3) is 1.06. The molecule has 0 spiro atoms. The molecule has 3 atom stereocenters. The normalized spacial score (nSPS) is 40.1. The number of carbonyl (C=O) groups is 1. The van der Waals surface area contributed by atoms with E-state index in [9.17, 15) is 9.90 Å². The molecule has 2 saturated heterocycles. The molecule has 4 heteroatoms. The van der Waals surface area contributed by atoms with Crippen molar-refractivity contribution in [2.24, 2.45) is 0 Å². The molecular formula is C8H13NO3. The van der Waals surface area contributed by atoms with E-state index in [0.29, 0.717) is 12.8 Å². The second-order valence-electron chi connectivity index (χ2n) is 3.70. The van der Waals surface area contributed by atoms with Crippen molar-refractivity contribution < 1.29 is 15.0 Å². The molecule has 2 heterocycles. The minimum atomic E-state index is -0.825. The van der Waals surface area contributed by atoms with Crippen LogP contribution in [0.5, 0.6) is 0 Å². The molecule has 0 aromatic rings.